The van der Waals surface area contributed by atoms with E-state index in [-0.39, 0.29) is 11.9 Å². The number of piperazine rings is 1. The van der Waals surface area contributed by atoms with Gasteiger partial charge in [-0.2, -0.15) is 0 Å². The van der Waals surface area contributed by atoms with Gasteiger partial charge >= 0.3 is 0 Å². The van der Waals surface area contributed by atoms with Gasteiger partial charge in [-0.3, -0.25) is 4.79 Å². The van der Waals surface area contributed by atoms with Gasteiger partial charge in [0, 0.05) is 32.8 Å². The number of hydrogen-bond donors (Lipinski definition) is 3. The lowest BCUT2D eigenvalue weighted by Crippen LogP contribution is -2.56. The molecule has 0 bridgehead atoms. The molecule has 0 aromatic rings. The van der Waals surface area contributed by atoms with Crippen LogP contribution < -0.4 is 16.0 Å². The molecule has 1 aliphatic rings. The molecular weight excluding hydrogens is 182 g/mol. The fourth-order valence-corrected chi connectivity index (χ4v) is 1.35. The number of nitrogens with one attached hydrogen (secondary N) is 3. The standard InChI is InChI=1S/C9H19N3O2/c1-2-14-6-5-12-9(13)8-7-10-3-4-11-8/h8,10-11H,2-7H2,1H3,(H,12,13). The van der Waals surface area contributed by atoms with Crippen LogP contribution in [0.5, 0.6) is 0 Å². The second-order valence-electron chi connectivity index (χ2n) is 3.20. The van der Waals surface area contributed by atoms with E-state index in [1.165, 1.54) is 0 Å². The lowest BCUT2D eigenvalue weighted by Gasteiger charge is -2.23. The normalized spacial score (nSPS) is 21.9. The van der Waals surface area contributed by atoms with Crippen molar-refractivity contribution in [2.45, 2.75) is 13.0 Å². The Hall–Kier alpha value is -0.650. The summed E-state index contributed by atoms with van der Waals surface area (Å²) in [7, 11) is 0. The second kappa shape index (κ2) is 6.75. The minimum absolute atomic E-state index is 0.0527. The highest BCUT2D eigenvalue weighted by Crippen LogP contribution is 1.86. The first kappa shape index (κ1) is 11.4. The van der Waals surface area contributed by atoms with Crippen LogP contribution >= 0.6 is 0 Å². The Morgan fingerprint density at radius 1 is 1.57 bits per heavy atom. The molecule has 3 N–H and O–H groups in total. The Morgan fingerprint density at radius 3 is 3.07 bits per heavy atom. The van der Waals surface area contributed by atoms with Crippen molar-refractivity contribution in [2.24, 2.45) is 0 Å². The van der Waals surface area contributed by atoms with Crippen LogP contribution in [0, 0.1) is 0 Å². The smallest absolute Gasteiger partial charge is 0.238 e. The zero-order chi connectivity index (χ0) is 10.2. The fourth-order valence-electron chi connectivity index (χ4n) is 1.35. The average Bonchev–Trinajstić information content (AvgIpc) is 2.25. The van der Waals surface area contributed by atoms with Crippen molar-refractivity contribution in [1.82, 2.24) is 16.0 Å². The van der Waals surface area contributed by atoms with Gasteiger partial charge in [0.05, 0.1) is 12.6 Å². The summed E-state index contributed by atoms with van der Waals surface area (Å²) in [4.78, 5) is 11.5. The summed E-state index contributed by atoms with van der Waals surface area (Å²) in [5.74, 6) is 0.0527. The number of ether oxygens (including phenoxy) is 1. The maximum absolute atomic E-state index is 11.5. The molecule has 0 radical (unpaired) electrons. The largest absolute Gasteiger partial charge is 0.380 e. The van der Waals surface area contributed by atoms with Crippen molar-refractivity contribution < 1.29 is 9.53 Å². The van der Waals surface area contributed by atoms with E-state index in [1.807, 2.05) is 6.92 Å². The molecule has 0 spiro atoms. The lowest BCUT2D eigenvalue weighted by atomic mass is 10.2. The third kappa shape index (κ3) is 4.04. The zero-order valence-corrected chi connectivity index (χ0v) is 8.64. The van der Waals surface area contributed by atoms with Crippen LogP contribution in [0.15, 0.2) is 0 Å². The van der Waals surface area contributed by atoms with Crippen molar-refractivity contribution in [1.29, 1.82) is 0 Å². The summed E-state index contributed by atoms with van der Waals surface area (Å²) < 4.78 is 5.12. The second-order valence-corrected chi connectivity index (χ2v) is 3.20. The van der Waals surface area contributed by atoms with Crippen molar-refractivity contribution >= 4 is 5.91 Å². The van der Waals surface area contributed by atoms with Crippen LogP contribution in [-0.2, 0) is 9.53 Å². The minimum Gasteiger partial charge on any atom is -0.380 e. The molecule has 1 atom stereocenters. The molecule has 1 aliphatic heterocycles. The highest BCUT2D eigenvalue weighted by Gasteiger charge is 2.19. The van der Waals surface area contributed by atoms with Crippen LogP contribution in [-0.4, -0.2) is 51.3 Å². The highest BCUT2D eigenvalue weighted by atomic mass is 16.5. The molecule has 0 saturated carbocycles. The van der Waals surface area contributed by atoms with Gasteiger partial charge in [0.2, 0.25) is 5.91 Å². The summed E-state index contributed by atoms with van der Waals surface area (Å²) in [6.07, 6.45) is 0. The molecule has 1 fully saturated rings. The number of carbonyl (C=O) groups is 1. The topological polar surface area (TPSA) is 62.4 Å². The first-order chi connectivity index (χ1) is 6.84. The Morgan fingerprint density at radius 2 is 2.43 bits per heavy atom. The van der Waals surface area contributed by atoms with E-state index < -0.39 is 0 Å². The van der Waals surface area contributed by atoms with Crippen LogP contribution in [0.1, 0.15) is 6.92 Å². The third-order valence-electron chi connectivity index (χ3n) is 2.11. The average molecular weight is 201 g/mol. The SMILES string of the molecule is CCOCCNC(=O)C1CNCCN1. The van der Waals surface area contributed by atoms with Crippen LogP contribution in [0.3, 0.4) is 0 Å². The number of rotatable bonds is 5. The molecule has 0 aliphatic carbocycles. The van der Waals surface area contributed by atoms with Gasteiger partial charge in [0.25, 0.3) is 0 Å². The molecule has 82 valence electrons. The van der Waals surface area contributed by atoms with E-state index in [9.17, 15) is 4.79 Å². The summed E-state index contributed by atoms with van der Waals surface area (Å²) >= 11 is 0. The minimum atomic E-state index is -0.0922. The Labute approximate surface area is 84.6 Å². The summed E-state index contributed by atoms with van der Waals surface area (Å²) in [6.45, 7) is 6.30. The van der Waals surface area contributed by atoms with E-state index in [0.717, 1.165) is 13.1 Å². The molecular formula is C9H19N3O2. The van der Waals surface area contributed by atoms with Crippen molar-refractivity contribution in [3.05, 3.63) is 0 Å². The van der Waals surface area contributed by atoms with Gasteiger partial charge in [-0.15, -0.1) is 0 Å². The molecule has 1 saturated heterocycles. The molecule has 1 heterocycles. The quantitative estimate of drug-likeness (QED) is 0.484. The van der Waals surface area contributed by atoms with E-state index in [2.05, 4.69) is 16.0 Å². The summed E-state index contributed by atoms with van der Waals surface area (Å²) in [6, 6.07) is -0.0922. The fraction of sp³-hybridized carbons (Fsp3) is 0.889. The molecule has 1 amide bonds. The predicted octanol–water partition coefficient (Wildman–Crippen LogP) is -1.30. The van der Waals surface area contributed by atoms with Crippen molar-refractivity contribution in [3.63, 3.8) is 0 Å². The maximum atomic E-state index is 11.5. The van der Waals surface area contributed by atoms with E-state index in [1.54, 1.807) is 0 Å². The number of amides is 1. The van der Waals surface area contributed by atoms with Gasteiger partial charge in [-0.05, 0) is 6.92 Å². The lowest BCUT2D eigenvalue weighted by molar-refractivity contribution is -0.123. The third-order valence-corrected chi connectivity index (χ3v) is 2.11. The van der Waals surface area contributed by atoms with E-state index in [0.29, 0.717) is 26.3 Å². The molecule has 14 heavy (non-hydrogen) atoms. The van der Waals surface area contributed by atoms with E-state index in [4.69, 9.17) is 4.74 Å². The molecule has 1 rings (SSSR count). The van der Waals surface area contributed by atoms with Gasteiger partial charge in [0.15, 0.2) is 0 Å². The van der Waals surface area contributed by atoms with E-state index >= 15 is 0 Å². The Balaban J connectivity index is 2.07. The number of hydrogen-bond acceptors (Lipinski definition) is 4. The molecule has 0 aromatic carbocycles. The zero-order valence-electron chi connectivity index (χ0n) is 8.64. The van der Waals surface area contributed by atoms with Gasteiger partial charge < -0.3 is 20.7 Å². The van der Waals surface area contributed by atoms with Gasteiger partial charge in [-0.25, -0.2) is 0 Å². The first-order valence-electron chi connectivity index (χ1n) is 5.14. The van der Waals surface area contributed by atoms with Gasteiger partial charge in [-0.1, -0.05) is 0 Å². The molecule has 5 heteroatoms. The molecule has 0 aromatic heterocycles. The monoisotopic (exact) mass is 201 g/mol. The van der Waals surface area contributed by atoms with Crippen molar-refractivity contribution in [2.75, 3.05) is 39.4 Å². The highest BCUT2D eigenvalue weighted by molar-refractivity contribution is 5.82. The maximum Gasteiger partial charge on any atom is 0.238 e. The Kier molecular flexibility index (Phi) is 5.51. The van der Waals surface area contributed by atoms with Crippen LogP contribution in [0.2, 0.25) is 0 Å². The molecule has 5 nitrogen and oxygen atoms in total. The number of carbonyl (C=O) groups excluding carboxylic acids is 1. The predicted molar refractivity (Wildman–Crippen MR) is 54.2 cm³/mol. The first-order valence-corrected chi connectivity index (χ1v) is 5.14. The van der Waals surface area contributed by atoms with Gasteiger partial charge in [0.1, 0.15) is 0 Å². The van der Waals surface area contributed by atoms with Crippen LogP contribution in [0.4, 0.5) is 0 Å². The summed E-state index contributed by atoms with van der Waals surface area (Å²) in [5.41, 5.74) is 0. The van der Waals surface area contributed by atoms with Crippen LogP contribution in [0.25, 0.3) is 0 Å². The Bertz CT molecular complexity index is 169. The van der Waals surface area contributed by atoms with Crippen molar-refractivity contribution in [3.8, 4) is 0 Å². The summed E-state index contributed by atoms with van der Waals surface area (Å²) in [5, 5.41) is 9.13. The molecule has 1 unspecified atom stereocenters.